The molecule has 0 spiro atoms. The van der Waals surface area contributed by atoms with E-state index in [-0.39, 0.29) is 41.5 Å². The Morgan fingerprint density at radius 2 is 2.00 bits per heavy atom. The van der Waals surface area contributed by atoms with Gasteiger partial charge in [-0.3, -0.25) is 0 Å². The van der Waals surface area contributed by atoms with Crippen molar-refractivity contribution in [1.29, 1.82) is 0 Å². The van der Waals surface area contributed by atoms with Gasteiger partial charge in [0.1, 0.15) is 14.9 Å². The first kappa shape index (κ1) is 18.2. The van der Waals surface area contributed by atoms with Gasteiger partial charge in [0.05, 0.1) is 0 Å². The Hall–Kier alpha value is -0.170. The van der Waals surface area contributed by atoms with E-state index in [0.29, 0.717) is 5.57 Å². The first-order chi connectivity index (χ1) is 6.45. The Balaban J connectivity index is 0. The topological polar surface area (TPSA) is 88.7 Å². The number of allylic oxidation sites excluding steroid dienone is 4. The largest absolute Gasteiger partial charge is 1.00 e. The van der Waals surface area contributed by atoms with Gasteiger partial charge in [-0.05, 0) is 12.0 Å². The van der Waals surface area contributed by atoms with Crippen LogP contribution in [0.3, 0.4) is 0 Å². The van der Waals surface area contributed by atoms with Crippen molar-refractivity contribution in [2.75, 3.05) is 0 Å². The molecule has 0 heterocycles. The van der Waals surface area contributed by atoms with Gasteiger partial charge in [0.25, 0.3) is 0 Å². The van der Waals surface area contributed by atoms with Crippen LogP contribution in [0.25, 0.3) is 0 Å². The van der Waals surface area contributed by atoms with Crippen LogP contribution >= 0.6 is 0 Å². The monoisotopic (exact) mass is 252 g/mol. The Bertz CT molecular complexity index is 422. The van der Waals surface area contributed by atoms with Crippen LogP contribution in [-0.2, 0) is 10.1 Å². The molecule has 1 rings (SSSR count). The summed E-state index contributed by atoms with van der Waals surface area (Å²) in [5.41, 5.74) is 0.715. The number of hydrogen-bond acceptors (Lipinski definition) is 3. The molecule has 0 radical (unpaired) electrons. The zero-order valence-corrected chi connectivity index (χ0v) is 12.0. The van der Waals surface area contributed by atoms with Crippen molar-refractivity contribution in [3.05, 3.63) is 49.1 Å². The minimum absolute atomic E-state index is 0. The fourth-order valence-corrected chi connectivity index (χ4v) is 2.12. The number of rotatable bonds is 3. The summed E-state index contributed by atoms with van der Waals surface area (Å²) in [6, 6.07) is 0. The molecule has 0 bridgehead atoms. The van der Waals surface area contributed by atoms with Crippen molar-refractivity contribution in [3.8, 4) is 0 Å². The molecule has 4 nitrogen and oxygen atoms in total. The van der Waals surface area contributed by atoms with Gasteiger partial charge in [0.15, 0.2) is 0 Å². The van der Waals surface area contributed by atoms with Crippen LogP contribution in [0.1, 0.15) is 6.42 Å². The Labute approximate surface area is 118 Å². The van der Waals surface area contributed by atoms with E-state index < -0.39 is 14.9 Å². The molecule has 0 aromatic rings. The van der Waals surface area contributed by atoms with E-state index in [1.807, 2.05) is 0 Å². The zero-order chi connectivity index (χ0) is 10.8. The van der Waals surface area contributed by atoms with Crippen molar-refractivity contribution < 1.29 is 48.0 Å². The second-order valence-electron chi connectivity index (χ2n) is 3.09. The van der Waals surface area contributed by atoms with E-state index in [4.69, 9.17) is 0 Å². The maximum absolute atomic E-state index is 11.1. The van der Waals surface area contributed by atoms with E-state index in [1.54, 1.807) is 6.08 Å². The fraction of sp³-hybridized carbons (Fsp3) is 0.200. The third-order valence-corrected chi connectivity index (χ3v) is 3.62. The van der Waals surface area contributed by atoms with Crippen LogP contribution in [0.4, 0.5) is 0 Å². The van der Waals surface area contributed by atoms with Crippen LogP contribution in [0, 0.1) is 0 Å². The molecule has 1 aliphatic rings. The van der Waals surface area contributed by atoms with Gasteiger partial charge in [-0.2, -0.15) is 0 Å². The van der Waals surface area contributed by atoms with Crippen molar-refractivity contribution in [2.45, 2.75) is 11.2 Å². The van der Waals surface area contributed by atoms with Crippen molar-refractivity contribution in [1.82, 2.24) is 0 Å². The van der Waals surface area contributed by atoms with Crippen LogP contribution in [0.2, 0.25) is 0 Å². The summed E-state index contributed by atoms with van der Waals surface area (Å²) in [7, 11) is -4.42. The van der Waals surface area contributed by atoms with Crippen molar-refractivity contribution in [2.24, 2.45) is 0 Å². The van der Waals surface area contributed by atoms with E-state index >= 15 is 0 Å². The van der Waals surface area contributed by atoms with Gasteiger partial charge in [0.2, 0.25) is 0 Å². The molecule has 84 valence electrons. The molecule has 0 saturated carbocycles. The van der Waals surface area contributed by atoms with Crippen LogP contribution < -0.4 is 29.6 Å². The van der Waals surface area contributed by atoms with Gasteiger partial charge in [0, 0.05) is 0 Å². The fourth-order valence-electron chi connectivity index (χ4n) is 1.33. The summed E-state index contributed by atoms with van der Waals surface area (Å²) >= 11 is 0. The summed E-state index contributed by atoms with van der Waals surface area (Å²) in [6.07, 6.45) is 7.44. The van der Waals surface area contributed by atoms with E-state index in [9.17, 15) is 13.0 Å². The molecule has 0 aromatic carbocycles. The zero-order valence-electron chi connectivity index (χ0n) is 9.14. The second-order valence-corrected chi connectivity index (χ2v) is 4.76. The van der Waals surface area contributed by atoms with Gasteiger partial charge < -0.3 is 10.0 Å². The van der Waals surface area contributed by atoms with Gasteiger partial charge >= 0.3 is 29.6 Å². The Morgan fingerprint density at radius 3 is 2.38 bits per heavy atom. The average Bonchev–Trinajstić information content (AvgIpc) is 2.16. The molecule has 0 saturated heterocycles. The Morgan fingerprint density at radius 1 is 1.44 bits per heavy atom. The minimum atomic E-state index is -4.42. The van der Waals surface area contributed by atoms with Crippen molar-refractivity contribution in [3.63, 3.8) is 0 Å². The van der Waals surface area contributed by atoms with Gasteiger partial charge in [-0.25, -0.2) is 8.42 Å². The van der Waals surface area contributed by atoms with Crippen LogP contribution in [0.5, 0.6) is 0 Å². The molecular formula is C10H13NaO4S. The third-order valence-electron chi connectivity index (χ3n) is 2.24. The molecule has 1 atom stereocenters. The molecular weight excluding hydrogens is 239 g/mol. The normalized spacial score (nSPS) is 23.4. The SMILES string of the molecule is C=CC1=CC=CC(C=C)(S(=O)(=O)[O-])C1.O.[Na+]. The molecule has 6 heteroatoms. The summed E-state index contributed by atoms with van der Waals surface area (Å²) in [5, 5.41) is 0. The van der Waals surface area contributed by atoms with Crippen LogP contribution in [-0.4, -0.2) is 23.2 Å². The maximum Gasteiger partial charge on any atom is 1.00 e. The summed E-state index contributed by atoms with van der Waals surface area (Å²) in [4.78, 5) is 0. The first-order valence-electron chi connectivity index (χ1n) is 4.05. The van der Waals surface area contributed by atoms with Crippen molar-refractivity contribution >= 4 is 10.1 Å². The molecule has 0 aliphatic heterocycles. The molecule has 16 heavy (non-hydrogen) atoms. The summed E-state index contributed by atoms with van der Waals surface area (Å²) < 4.78 is 31.7. The summed E-state index contributed by atoms with van der Waals surface area (Å²) in [5.74, 6) is 0. The molecule has 0 aromatic heterocycles. The van der Waals surface area contributed by atoms with E-state index in [0.717, 1.165) is 0 Å². The van der Waals surface area contributed by atoms with Gasteiger partial charge in [-0.1, -0.05) is 37.0 Å². The molecule has 1 unspecified atom stereocenters. The van der Waals surface area contributed by atoms with Crippen LogP contribution in [0.15, 0.2) is 49.1 Å². The molecule has 0 amide bonds. The second kappa shape index (κ2) is 6.54. The average molecular weight is 252 g/mol. The molecule has 2 N–H and O–H groups in total. The predicted octanol–water partition coefficient (Wildman–Crippen LogP) is -2.29. The van der Waals surface area contributed by atoms with Gasteiger partial charge in [-0.15, -0.1) is 6.58 Å². The minimum Gasteiger partial charge on any atom is -0.747 e. The first-order valence-corrected chi connectivity index (χ1v) is 5.46. The Kier molecular flexibility index (Phi) is 7.44. The quantitative estimate of drug-likeness (QED) is 0.322. The predicted molar refractivity (Wildman–Crippen MR) is 58.3 cm³/mol. The molecule has 0 fully saturated rings. The molecule has 1 aliphatic carbocycles. The van der Waals surface area contributed by atoms with E-state index in [1.165, 1.54) is 24.3 Å². The summed E-state index contributed by atoms with van der Waals surface area (Å²) in [6.45, 7) is 6.93. The number of hydrogen-bond donors (Lipinski definition) is 0. The smallest absolute Gasteiger partial charge is 0.747 e. The maximum atomic E-state index is 11.1. The third kappa shape index (κ3) is 3.41. The standard InChI is InChI=1S/C10H12O3S.Na.H2O/c1-3-9-6-5-7-10(4-2,8-9)14(11,12)13;;/h3-7H,1-2,8H2,(H,11,12,13);;1H2/q;+1;/p-1. The van der Waals surface area contributed by atoms with E-state index in [2.05, 4.69) is 13.2 Å².